The van der Waals surface area contributed by atoms with Crippen molar-refractivity contribution >= 4 is 28.9 Å². The van der Waals surface area contributed by atoms with Crippen LogP contribution in [0, 0.1) is 18.6 Å². The Labute approximate surface area is 155 Å². The van der Waals surface area contributed by atoms with Crippen LogP contribution in [0.4, 0.5) is 14.5 Å². The lowest BCUT2D eigenvalue weighted by Gasteiger charge is -2.30. The highest BCUT2D eigenvalue weighted by atomic mass is 32.1. The minimum atomic E-state index is -1.02. The number of carbonyl (C=O) groups is 1. The van der Waals surface area contributed by atoms with Gasteiger partial charge < -0.3 is 16.0 Å². The molecule has 7 heteroatoms. The van der Waals surface area contributed by atoms with Gasteiger partial charge in [0.05, 0.1) is 11.6 Å². The normalized spacial score (nSPS) is 16.8. The van der Waals surface area contributed by atoms with Crippen LogP contribution in [0.3, 0.4) is 0 Å². The topological polar surface area (TPSA) is 53.2 Å². The summed E-state index contributed by atoms with van der Waals surface area (Å²) in [6, 6.07) is 10.5. The zero-order valence-corrected chi connectivity index (χ0v) is 15.0. The number of allylic oxidation sites excluding steroid dienone is 1. The largest absolute Gasteiger partial charge is 0.351 e. The highest BCUT2D eigenvalue weighted by molar-refractivity contribution is 7.80. The molecule has 0 aromatic heterocycles. The number of anilines is 1. The van der Waals surface area contributed by atoms with Crippen molar-refractivity contribution < 1.29 is 13.6 Å². The second-order valence-electron chi connectivity index (χ2n) is 6.06. The van der Waals surface area contributed by atoms with Crippen LogP contribution in [-0.2, 0) is 4.79 Å². The average molecular weight is 373 g/mol. The monoisotopic (exact) mass is 373 g/mol. The Morgan fingerprint density at radius 2 is 1.77 bits per heavy atom. The third-order valence-corrected chi connectivity index (χ3v) is 4.32. The third kappa shape index (κ3) is 3.72. The van der Waals surface area contributed by atoms with E-state index < -0.39 is 23.6 Å². The summed E-state index contributed by atoms with van der Waals surface area (Å²) in [6.45, 7) is 3.72. The fraction of sp³-hybridized carbons (Fsp3) is 0.158. The predicted octanol–water partition coefficient (Wildman–Crippen LogP) is 3.70. The molecule has 2 aromatic rings. The molecule has 0 radical (unpaired) electrons. The van der Waals surface area contributed by atoms with Crippen LogP contribution in [0.15, 0.2) is 53.7 Å². The first-order chi connectivity index (χ1) is 12.3. The van der Waals surface area contributed by atoms with Crippen molar-refractivity contribution in [1.82, 2.24) is 10.6 Å². The Morgan fingerprint density at radius 1 is 1.08 bits per heavy atom. The summed E-state index contributed by atoms with van der Waals surface area (Å²) >= 11 is 5.21. The van der Waals surface area contributed by atoms with E-state index in [0.717, 1.165) is 23.3 Å². The number of aryl methyl sites for hydroxylation is 1. The van der Waals surface area contributed by atoms with Crippen molar-refractivity contribution in [2.45, 2.75) is 19.9 Å². The molecule has 0 unspecified atom stereocenters. The molecule has 3 N–H and O–H groups in total. The Bertz CT molecular complexity index is 910. The Hall–Kier alpha value is -2.80. The summed E-state index contributed by atoms with van der Waals surface area (Å²) < 4.78 is 26.5. The Morgan fingerprint density at radius 3 is 2.42 bits per heavy atom. The number of rotatable bonds is 3. The van der Waals surface area contributed by atoms with E-state index in [2.05, 4.69) is 16.0 Å². The molecule has 3 rings (SSSR count). The van der Waals surface area contributed by atoms with E-state index in [9.17, 15) is 13.6 Å². The van der Waals surface area contributed by atoms with E-state index in [1.165, 1.54) is 6.07 Å². The fourth-order valence-corrected chi connectivity index (χ4v) is 3.05. The molecule has 2 aromatic carbocycles. The number of nitrogens with one attached hydrogen (secondary N) is 3. The SMILES string of the molecule is CC1=C(C(=O)Nc2ccc(F)c(F)c2)[C@H](c2ccc(C)cc2)NC(=S)N1. The highest BCUT2D eigenvalue weighted by Gasteiger charge is 2.29. The van der Waals surface area contributed by atoms with Gasteiger partial charge in [-0.3, -0.25) is 4.79 Å². The van der Waals surface area contributed by atoms with E-state index in [1.54, 1.807) is 6.92 Å². The molecule has 1 atom stereocenters. The van der Waals surface area contributed by atoms with E-state index in [-0.39, 0.29) is 5.69 Å². The maximum absolute atomic E-state index is 13.4. The third-order valence-electron chi connectivity index (χ3n) is 4.10. The summed E-state index contributed by atoms with van der Waals surface area (Å²) in [7, 11) is 0. The van der Waals surface area contributed by atoms with Gasteiger partial charge in [0.25, 0.3) is 5.91 Å². The summed E-state index contributed by atoms with van der Waals surface area (Å²) in [5.41, 5.74) is 3.16. The molecule has 0 bridgehead atoms. The lowest BCUT2D eigenvalue weighted by atomic mass is 9.94. The molecule has 0 saturated carbocycles. The first-order valence-electron chi connectivity index (χ1n) is 7.96. The van der Waals surface area contributed by atoms with E-state index in [4.69, 9.17) is 12.2 Å². The average Bonchev–Trinajstić information content (AvgIpc) is 2.58. The minimum Gasteiger partial charge on any atom is -0.351 e. The molecule has 0 saturated heterocycles. The van der Waals surface area contributed by atoms with Crippen LogP contribution in [-0.4, -0.2) is 11.0 Å². The molecule has 4 nitrogen and oxygen atoms in total. The lowest BCUT2D eigenvalue weighted by molar-refractivity contribution is -0.113. The number of halogens is 2. The molecule has 26 heavy (non-hydrogen) atoms. The zero-order valence-electron chi connectivity index (χ0n) is 14.2. The lowest BCUT2D eigenvalue weighted by Crippen LogP contribution is -2.45. The number of hydrogen-bond acceptors (Lipinski definition) is 2. The molecule has 0 spiro atoms. The van der Waals surface area contributed by atoms with Gasteiger partial charge in [0.2, 0.25) is 0 Å². The van der Waals surface area contributed by atoms with Crippen LogP contribution in [0.2, 0.25) is 0 Å². The van der Waals surface area contributed by atoms with Gasteiger partial charge in [-0.2, -0.15) is 0 Å². The second kappa shape index (κ2) is 7.21. The van der Waals surface area contributed by atoms with Crippen LogP contribution >= 0.6 is 12.2 Å². The van der Waals surface area contributed by atoms with Gasteiger partial charge in [0.1, 0.15) is 0 Å². The maximum Gasteiger partial charge on any atom is 0.255 e. The molecule has 1 aliphatic rings. The van der Waals surface area contributed by atoms with Gasteiger partial charge in [0, 0.05) is 17.5 Å². The number of amides is 1. The molecular weight excluding hydrogens is 356 g/mol. The number of thiocarbonyl (C=S) groups is 1. The van der Waals surface area contributed by atoms with Gasteiger partial charge in [-0.05, 0) is 43.8 Å². The molecule has 0 aliphatic carbocycles. The summed E-state index contributed by atoms with van der Waals surface area (Å²) in [6.07, 6.45) is 0. The maximum atomic E-state index is 13.4. The van der Waals surface area contributed by atoms with Crippen molar-refractivity contribution in [3.05, 3.63) is 76.5 Å². The van der Waals surface area contributed by atoms with Crippen LogP contribution in [0.25, 0.3) is 0 Å². The number of hydrogen-bond donors (Lipinski definition) is 3. The van der Waals surface area contributed by atoms with E-state index in [0.29, 0.717) is 16.4 Å². The molecule has 0 fully saturated rings. The molecular formula is C19H17F2N3OS. The smallest absolute Gasteiger partial charge is 0.255 e. The van der Waals surface area contributed by atoms with Crippen LogP contribution in [0.5, 0.6) is 0 Å². The van der Waals surface area contributed by atoms with Gasteiger partial charge in [-0.1, -0.05) is 29.8 Å². The van der Waals surface area contributed by atoms with Crippen molar-refractivity contribution in [2.24, 2.45) is 0 Å². The summed E-state index contributed by atoms with van der Waals surface area (Å²) in [4.78, 5) is 12.8. The van der Waals surface area contributed by atoms with E-state index >= 15 is 0 Å². The minimum absolute atomic E-state index is 0.171. The van der Waals surface area contributed by atoms with Gasteiger partial charge in [-0.15, -0.1) is 0 Å². The quantitative estimate of drug-likeness (QED) is 0.718. The van der Waals surface area contributed by atoms with Crippen LogP contribution < -0.4 is 16.0 Å². The van der Waals surface area contributed by atoms with Gasteiger partial charge in [0.15, 0.2) is 16.7 Å². The molecule has 134 valence electrons. The van der Waals surface area contributed by atoms with Crippen molar-refractivity contribution in [3.8, 4) is 0 Å². The fourth-order valence-electron chi connectivity index (χ4n) is 2.78. The van der Waals surface area contributed by atoms with Gasteiger partial charge in [-0.25, -0.2) is 8.78 Å². The summed E-state index contributed by atoms with van der Waals surface area (Å²) in [5.74, 6) is -2.42. The summed E-state index contributed by atoms with van der Waals surface area (Å²) in [5, 5.41) is 9.04. The molecule has 1 amide bonds. The van der Waals surface area contributed by atoms with E-state index in [1.807, 2.05) is 31.2 Å². The Kier molecular flexibility index (Phi) is 4.99. The zero-order chi connectivity index (χ0) is 18.8. The molecule has 1 heterocycles. The highest BCUT2D eigenvalue weighted by Crippen LogP contribution is 2.28. The first-order valence-corrected chi connectivity index (χ1v) is 8.37. The van der Waals surface area contributed by atoms with Gasteiger partial charge >= 0.3 is 0 Å². The Balaban J connectivity index is 1.93. The molecule has 1 aliphatic heterocycles. The van der Waals surface area contributed by atoms with Crippen molar-refractivity contribution in [2.75, 3.05) is 5.32 Å². The van der Waals surface area contributed by atoms with Crippen molar-refractivity contribution in [1.29, 1.82) is 0 Å². The number of benzene rings is 2. The standard InChI is InChI=1S/C19H17F2N3OS/c1-10-3-5-12(6-4-10)17-16(11(2)22-19(26)24-17)18(25)23-13-7-8-14(20)15(21)9-13/h3-9,17H,1-2H3,(H,23,25)(H2,22,24,26)/t17-/m0/s1. The number of carbonyl (C=O) groups excluding carboxylic acids is 1. The van der Waals surface area contributed by atoms with Crippen LogP contribution in [0.1, 0.15) is 24.1 Å². The first kappa shape index (κ1) is 18.0. The van der Waals surface area contributed by atoms with Crippen molar-refractivity contribution in [3.63, 3.8) is 0 Å². The second-order valence-corrected chi connectivity index (χ2v) is 6.47. The predicted molar refractivity (Wildman–Crippen MR) is 100 cm³/mol.